The van der Waals surface area contributed by atoms with Gasteiger partial charge in [-0.25, -0.2) is 4.18 Å². The number of allylic oxidation sites excluding steroid dienone is 2. The van der Waals surface area contributed by atoms with Crippen LogP contribution in [-0.4, -0.2) is 299 Å². The van der Waals surface area contributed by atoms with Crippen LogP contribution < -0.4 is 0 Å². The maximum absolute atomic E-state index is 12.5. The van der Waals surface area contributed by atoms with E-state index in [0.29, 0.717) is 25.2 Å². The molecule has 0 aromatic rings. The average molecular weight is 1380 g/mol. The van der Waals surface area contributed by atoms with E-state index in [9.17, 15) is 89.6 Å². The molecule has 0 aromatic heterocycles. The summed E-state index contributed by atoms with van der Waals surface area (Å²) in [5, 5.41) is 169. The zero-order valence-corrected chi connectivity index (χ0v) is 55.4. The van der Waals surface area contributed by atoms with Crippen LogP contribution in [0.1, 0.15) is 127 Å². The first-order valence-corrected chi connectivity index (χ1v) is 34.7. The predicted molar refractivity (Wildman–Crippen MR) is 316 cm³/mol. The van der Waals surface area contributed by atoms with Crippen LogP contribution >= 0.6 is 0 Å². The maximum atomic E-state index is 12.5. The van der Waals surface area contributed by atoms with Crippen molar-refractivity contribution < 1.29 is 151 Å². The molecule has 94 heavy (non-hydrogen) atoms. The molecule has 10 aliphatic rings. The van der Waals surface area contributed by atoms with Gasteiger partial charge in [0.25, 0.3) is 0 Å². The molecule has 3 saturated carbocycles. The van der Waals surface area contributed by atoms with E-state index in [1.54, 1.807) is 0 Å². The fourth-order valence-corrected chi connectivity index (χ4v) is 17.7. The van der Waals surface area contributed by atoms with Gasteiger partial charge in [0.15, 0.2) is 37.7 Å². The van der Waals surface area contributed by atoms with Gasteiger partial charge < -0.3 is 133 Å². The number of aliphatic hydroxyl groups is 15. The topological polar surface area (TPSA) is 478 Å². The van der Waals surface area contributed by atoms with E-state index in [0.717, 1.165) is 32.1 Å². The molecule has 10 rings (SSSR count). The quantitative estimate of drug-likeness (QED) is 0.0427. The molecular formula is C62H104O31S. The number of ether oxygens (including phenoxy) is 12. The molecule has 0 amide bonds. The highest BCUT2D eigenvalue weighted by Crippen LogP contribution is 2.67. The highest BCUT2D eigenvalue weighted by atomic mass is 32.3. The third-order valence-corrected chi connectivity index (χ3v) is 23.2. The lowest BCUT2D eigenvalue weighted by molar-refractivity contribution is -0.401. The van der Waals surface area contributed by atoms with Gasteiger partial charge in [0.2, 0.25) is 0 Å². The van der Waals surface area contributed by atoms with E-state index in [2.05, 4.69) is 33.8 Å². The first-order chi connectivity index (χ1) is 44.0. The van der Waals surface area contributed by atoms with Crippen LogP contribution in [0.25, 0.3) is 0 Å². The summed E-state index contributed by atoms with van der Waals surface area (Å²) in [5.41, 5.74) is -0.649. The molecule has 0 radical (unpaired) electrons. The Labute approximate surface area is 546 Å². The van der Waals surface area contributed by atoms with Gasteiger partial charge in [0, 0.05) is 0 Å². The Morgan fingerprint density at radius 3 is 1.65 bits per heavy atom. The first-order valence-electron chi connectivity index (χ1n) is 33.4. The van der Waals surface area contributed by atoms with Crippen molar-refractivity contribution in [1.82, 2.24) is 0 Å². The van der Waals surface area contributed by atoms with Gasteiger partial charge in [-0.15, -0.1) is 0 Å². The summed E-state index contributed by atoms with van der Waals surface area (Å²) in [6, 6.07) is 0. The Balaban J connectivity index is 0.895. The Bertz CT molecular complexity index is 2640. The molecule has 22 unspecified atom stereocenters. The number of rotatable bonds is 20. The predicted octanol–water partition coefficient (Wildman–Crippen LogP) is -3.00. The largest absolute Gasteiger partial charge is 0.397 e. The lowest BCUT2D eigenvalue weighted by Crippen LogP contribution is -2.67. The summed E-state index contributed by atoms with van der Waals surface area (Å²) < 4.78 is 113. The van der Waals surface area contributed by atoms with Crippen LogP contribution in [0.2, 0.25) is 0 Å². The summed E-state index contributed by atoms with van der Waals surface area (Å²) in [4.78, 5) is 0. The van der Waals surface area contributed by atoms with Gasteiger partial charge >= 0.3 is 10.4 Å². The molecule has 6 aliphatic heterocycles. The van der Waals surface area contributed by atoms with Gasteiger partial charge in [-0.3, -0.25) is 4.55 Å². The lowest BCUT2D eigenvalue weighted by Gasteiger charge is -2.60. The minimum atomic E-state index is -4.88. The third kappa shape index (κ3) is 14.9. The molecule has 6 heterocycles. The van der Waals surface area contributed by atoms with Crippen molar-refractivity contribution in [3.63, 3.8) is 0 Å². The van der Waals surface area contributed by atoms with Crippen LogP contribution in [0, 0.1) is 40.4 Å². The number of fused-ring (bicyclic) bond motifs is 5. The fourth-order valence-electron chi connectivity index (χ4n) is 17.2. The third-order valence-electron chi connectivity index (χ3n) is 22.6. The monoisotopic (exact) mass is 1380 g/mol. The molecule has 4 aliphatic carbocycles. The van der Waals surface area contributed by atoms with Crippen molar-refractivity contribution in [3.05, 3.63) is 11.6 Å². The van der Waals surface area contributed by atoms with Crippen LogP contribution in [0.15, 0.2) is 11.6 Å². The van der Waals surface area contributed by atoms with Gasteiger partial charge in [0.05, 0.1) is 55.4 Å². The molecule has 31 nitrogen and oxygen atoms in total. The van der Waals surface area contributed by atoms with Crippen LogP contribution in [0.4, 0.5) is 0 Å². The summed E-state index contributed by atoms with van der Waals surface area (Å²) in [6.45, 7) is 14.8. The lowest BCUT2D eigenvalue weighted by atomic mass is 9.47. The minimum absolute atomic E-state index is 0.0190. The smallest absolute Gasteiger partial charge is 0.394 e. The SMILES string of the molecule is CC(C)CCC[C@](C)(O)[C@H]1CCC2C3CC(O[C@@H]4OC(C)[C@@H](O)C(O[C@@H]5OC[C@@H](O[C@@H]6OC(C)[C@H](O)C(O)C6O[C@@H]6OC(C)[C@H](O)C(O[C@@H]7OC(CO)[C@H](O)C(O)C7O)C6O)C(O)C5O[C@@H]5OC(C)[C@@H](O)C(O)C5O)C4O)C4CC(OS(=O)(=O)O)CC[C@]4(C)C3=CC[C@@]21C. The van der Waals surface area contributed by atoms with E-state index in [1.807, 2.05) is 6.92 Å². The molecule has 0 spiro atoms. The number of hydrogen-bond donors (Lipinski definition) is 16. The average Bonchev–Trinajstić information content (AvgIpc) is 1.34. The zero-order chi connectivity index (χ0) is 68.7. The Morgan fingerprint density at radius 2 is 1.06 bits per heavy atom. The fraction of sp³-hybridized carbons (Fsp3) is 0.968. The second kappa shape index (κ2) is 29.5. The Hall–Kier alpha value is -1.47. The molecule has 9 fully saturated rings. The Kier molecular flexibility index (Phi) is 23.6. The number of hydrogen-bond acceptors (Lipinski definition) is 30. The van der Waals surface area contributed by atoms with Crippen molar-refractivity contribution in [3.8, 4) is 0 Å². The first kappa shape index (κ1) is 75.2. The van der Waals surface area contributed by atoms with Gasteiger partial charge in [-0.05, 0) is 126 Å². The van der Waals surface area contributed by atoms with Crippen molar-refractivity contribution in [2.24, 2.45) is 40.4 Å². The molecule has 0 bridgehead atoms. The van der Waals surface area contributed by atoms with Gasteiger partial charge in [0.1, 0.15) is 116 Å². The molecule has 32 heteroatoms. The normalized spacial score (nSPS) is 52.5. The molecule has 544 valence electrons. The van der Waals surface area contributed by atoms with Crippen molar-refractivity contribution in [2.75, 3.05) is 13.2 Å². The highest BCUT2D eigenvalue weighted by molar-refractivity contribution is 7.80. The second-order valence-corrected chi connectivity index (χ2v) is 30.5. The summed E-state index contributed by atoms with van der Waals surface area (Å²) in [5.74, 6) is 0.00892. The van der Waals surface area contributed by atoms with Crippen LogP contribution in [-0.2, 0) is 71.4 Å². The van der Waals surface area contributed by atoms with E-state index < -0.39 is 231 Å². The highest BCUT2D eigenvalue weighted by Gasteiger charge is 2.64. The maximum Gasteiger partial charge on any atom is 0.397 e. The van der Waals surface area contributed by atoms with Crippen LogP contribution in [0.3, 0.4) is 0 Å². The van der Waals surface area contributed by atoms with Gasteiger partial charge in [-0.1, -0.05) is 52.2 Å². The second-order valence-electron chi connectivity index (χ2n) is 29.4. The van der Waals surface area contributed by atoms with E-state index in [4.69, 9.17) is 61.0 Å². The summed E-state index contributed by atoms with van der Waals surface area (Å²) in [7, 11) is -4.88. The summed E-state index contributed by atoms with van der Waals surface area (Å²) >= 11 is 0. The Morgan fingerprint density at radius 1 is 0.564 bits per heavy atom. The number of aliphatic hydroxyl groups excluding tert-OH is 14. The molecule has 38 atom stereocenters. The molecule has 6 saturated heterocycles. The van der Waals surface area contributed by atoms with Gasteiger partial charge in [-0.2, -0.15) is 8.42 Å². The van der Waals surface area contributed by atoms with E-state index in [1.165, 1.54) is 33.3 Å². The van der Waals surface area contributed by atoms with Crippen molar-refractivity contribution in [2.45, 2.75) is 322 Å². The van der Waals surface area contributed by atoms with E-state index >= 15 is 0 Å². The van der Waals surface area contributed by atoms with Crippen molar-refractivity contribution in [1.29, 1.82) is 0 Å². The zero-order valence-electron chi connectivity index (χ0n) is 54.5. The standard InChI is InChI=1S/C62H104O31S/c1-23(2)11-10-16-62(9,77)36-13-12-30-29-20-33(32-19-28(93-94(78,79)80)14-17-60(32,7)31(29)15-18-61(30,36)8)86-56-48(75)51(40(67)26(5)83-56)90-58-52(91-54-46(73)43(70)37(64)24(3)82-54)42(69)35(22-81-58)88-59-53(45(72)38(65)25(4)85-59)92-57-49(76)50(39(66)27(6)84-57)89-55-47(74)44(71)41(68)34(21-63)87-55/h15,23-30,32-59,63-77H,10-14,16-22H2,1-9H3,(H,78,79,80)/t24?,25?,26?,27?,28?,29?,30?,32?,33?,34?,35-,36+,37-,38+,39+,40-,41+,42?,43?,44?,45?,46?,47?,48?,49?,50?,51?,52?,53?,54+,55+,56+,57+,58+,59+,60-,61+,62+/m1/s1. The van der Waals surface area contributed by atoms with Crippen LogP contribution in [0.5, 0.6) is 0 Å². The minimum Gasteiger partial charge on any atom is -0.394 e. The summed E-state index contributed by atoms with van der Waals surface area (Å²) in [6.07, 6.45) is -43.2. The molecular weight excluding hydrogens is 1270 g/mol. The van der Waals surface area contributed by atoms with Crippen molar-refractivity contribution >= 4 is 10.4 Å². The van der Waals surface area contributed by atoms with E-state index in [-0.39, 0.29) is 36.0 Å². The molecule has 16 N–H and O–H groups in total. The molecule has 0 aromatic carbocycles.